The first-order valence-electron chi connectivity index (χ1n) is 6.56. The van der Waals surface area contributed by atoms with E-state index in [1.165, 1.54) is 0 Å². The minimum atomic E-state index is -0.800. The Morgan fingerprint density at radius 3 is 2.80 bits per heavy atom. The van der Waals surface area contributed by atoms with E-state index in [1.54, 1.807) is 12.1 Å². The van der Waals surface area contributed by atoms with E-state index in [4.69, 9.17) is 5.26 Å². The zero-order valence-electron chi connectivity index (χ0n) is 11.6. The zero-order valence-corrected chi connectivity index (χ0v) is 13.1. The maximum atomic E-state index is 11.7. The smallest absolute Gasteiger partial charge is 0.326 e. The Morgan fingerprint density at radius 1 is 1.55 bits per heavy atom. The molecule has 1 aromatic carbocycles. The zero-order chi connectivity index (χ0) is 14.9. The quantitative estimate of drug-likeness (QED) is 0.898. The maximum absolute atomic E-state index is 11.7. The molecule has 1 aliphatic rings. The van der Waals surface area contributed by atoms with Crippen LogP contribution in [0.15, 0.2) is 22.7 Å². The molecule has 0 saturated carbocycles. The number of piperidine rings is 1. The molecule has 1 fully saturated rings. The fraction of sp³-hybridized carbons (Fsp3) is 0.467. The Bertz CT molecular complexity index is 578. The molecule has 0 aliphatic carbocycles. The van der Waals surface area contributed by atoms with Gasteiger partial charge < -0.3 is 10.0 Å². The molecule has 0 bridgehead atoms. The fourth-order valence-electron chi connectivity index (χ4n) is 2.93. The van der Waals surface area contributed by atoms with Crippen LogP contribution in [0.25, 0.3) is 0 Å². The molecule has 0 amide bonds. The third-order valence-electron chi connectivity index (χ3n) is 3.89. The standard InChI is InChI=1S/C15H17BrN2O2/c1-15(2)6-3-7-18(13(15)14(19)20)12-5-4-10(9-17)8-11(12)16/h4-5,8,13H,3,6-7H2,1-2H3,(H,19,20). The highest BCUT2D eigenvalue weighted by Crippen LogP contribution is 2.40. The SMILES string of the molecule is CC1(C)CCCN(c2ccc(C#N)cc2Br)C1C(=O)O. The lowest BCUT2D eigenvalue weighted by atomic mass is 9.76. The third kappa shape index (κ3) is 2.66. The summed E-state index contributed by atoms with van der Waals surface area (Å²) < 4.78 is 0.764. The first-order valence-corrected chi connectivity index (χ1v) is 7.35. The van der Waals surface area contributed by atoms with Gasteiger partial charge in [-0.2, -0.15) is 5.26 Å². The lowest BCUT2D eigenvalue weighted by molar-refractivity contribution is -0.142. The van der Waals surface area contributed by atoms with Crippen LogP contribution in [0.5, 0.6) is 0 Å². The summed E-state index contributed by atoms with van der Waals surface area (Å²) in [6.07, 6.45) is 1.86. The Labute approximate surface area is 127 Å². The van der Waals surface area contributed by atoms with Crippen molar-refractivity contribution < 1.29 is 9.90 Å². The van der Waals surface area contributed by atoms with E-state index >= 15 is 0 Å². The largest absolute Gasteiger partial charge is 0.480 e. The van der Waals surface area contributed by atoms with Crippen LogP contribution in [0.4, 0.5) is 5.69 Å². The third-order valence-corrected chi connectivity index (χ3v) is 4.53. The number of benzene rings is 1. The van der Waals surface area contributed by atoms with E-state index in [0.717, 1.165) is 23.0 Å². The summed E-state index contributed by atoms with van der Waals surface area (Å²) in [7, 11) is 0. The van der Waals surface area contributed by atoms with Crippen LogP contribution in [0, 0.1) is 16.7 Å². The molecule has 1 N–H and O–H groups in total. The highest BCUT2D eigenvalue weighted by atomic mass is 79.9. The number of carbonyl (C=O) groups is 1. The summed E-state index contributed by atoms with van der Waals surface area (Å²) in [4.78, 5) is 13.6. The molecule has 0 radical (unpaired) electrons. The van der Waals surface area contributed by atoms with Crippen LogP contribution in [0.2, 0.25) is 0 Å². The van der Waals surface area contributed by atoms with Gasteiger partial charge in [0.25, 0.3) is 0 Å². The molecule has 1 aliphatic heterocycles. The summed E-state index contributed by atoms with van der Waals surface area (Å²) in [5.74, 6) is -0.800. The number of hydrogen-bond acceptors (Lipinski definition) is 3. The highest BCUT2D eigenvalue weighted by Gasteiger charge is 2.43. The number of halogens is 1. The normalized spacial score (nSPS) is 21.3. The van der Waals surface area contributed by atoms with Gasteiger partial charge in [-0.25, -0.2) is 4.79 Å². The van der Waals surface area contributed by atoms with Crippen LogP contribution in [0.1, 0.15) is 32.3 Å². The van der Waals surface area contributed by atoms with Gasteiger partial charge in [-0.3, -0.25) is 0 Å². The van der Waals surface area contributed by atoms with Gasteiger partial charge in [0.05, 0.1) is 17.3 Å². The average molecular weight is 337 g/mol. The Hall–Kier alpha value is -1.54. The lowest BCUT2D eigenvalue weighted by Crippen LogP contribution is -2.54. The van der Waals surface area contributed by atoms with E-state index in [-0.39, 0.29) is 5.41 Å². The van der Waals surface area contributed by atoms with Gasteiger partial charge in [0.15, 0.2) is 0 Å². The second-order valence-corrected chi connectivity index (χ2v) is 6.66. The van der Waals surface area contributed by atoms with E-state index in [0.29, 0.717) is 12.1 Å². The number of aliphatic carboxylic acids is 1. The number of carboxylic acid groups (broad SMARTS) is 1. The lowest BCUT2D eigenvalue weighted by Gasteiger charge is -2.45. The summed E-state index contributed by atoms with van der Waals surface area (Å²) in [5.41, 5.74) is 1.12. The van der Waals surface area contributed by atoms with Crippen molar-refractivity contribution in [3.8, 4) is 6.07 Å². The van der Waals surface area contributed by atoms with Gasteiger partial charge in [-0.1, -0.05) is 13.8 Å². The number of carboxylic acids is 1. The van der Waals surface area contributed by atoms with Crippen molar-refractivity contribution in [2.24, 2.45) is 5.41 Å². The van der Waals surface area contributed by atoms with E-state index < -0.39 is 12.0 Å². The van der Waals surface area contributed by atoms with Gasteiger partial charge in [-0.05, 0) is 52.4 Å². The first-order chi connectivity index (χ1) is 9.36. The van der Waals surface area contributed by atoms with E-state index in [2.05, 4.69) is 22.0 Å². The molecule has 106 valence electrons. The highest BCUT2D eigenvalue weighted by molar-refractivity contribution is 9.10. The maximum Gasteiger partial charge on any atom is 0.326 e. The van der Waals surface area contributed by atoms with Crippen molar-refractivity contribution in [3.05, 3.63) is 28.2 Å². The Balaban J connectivity index is 2.44. The van der Waals surface area contributed by atoms with Crippen molar-refractivity contribution in [1.82, 2.24) is 0 Å². The number of hydrogen-bond donors (Lipinski definition) is 1. The molecule has 1 atom stereocenters. The fourth-order valence-corrected chi connectivity index (χ4v) is 3.54. The molecule has 4 nitrogen and oxygen atoms in total. The number of nitriles is 1. The molecule has 0 aromatic heterocycles. The number of anilines is 1. The minimum Gasteiger partial charge on any atom is -0.480 e. The number of nitrogens with zero attached hydrogens (tertiary/aromatic N) is 2. The second-order valence-electron chi connectivity index (χ2n) is 5.80. The van der Waals surface area contributed by atoms with Gasteiger partial charge >= 0.3 is 5.97 Å². The van der Waals surface area contributed by atoms with E-state index in [1.807, 2.05) is 24.8 Å². The molecule has 0 spiro atoms. The Morgan fingerprint density at radius 2 is 2.25 bits per heavy atom. The molecule has 2 rings (SSSR count). The van der Waals surface area contributed by atoms with Crippen LogP contribution < -0.4 is 4.90 Å². The molecule has 20 heavy (non-hydrogen) atoms. The summed E-state index contributed by atoms with van der Waals surface area (Å²) in [5, 5.41) is 18.5. The summed E-state index contributed by atoms with van der Waals surface area (Å²) in [6, 6.07) is 6.80. The Kier molecular flexibility index (Phi) is 4.05. The molecular formula is C15H17BrN2O2. The number of rotatable bonds is 2. The van der Waals surface area contributed by atoms with Crippen molar-refractivity contribution in [3.63, 3.8) is 0 Å². The molecule has 1 aromatic rings. The minimum absolute atomic E-state index is 0.280. The van der Waals surface area contributed by atoms with Gasteiger partial charge in [0, 0.05) is 11.0 Å². The second kappa shape index (κ2) is 5.45. The molecule has 5 heteroatoms. The first kappa shape index (κ1) is 14.9. The van der Waals surface area contributed by atoms with E-state index in [9.17, 15) is 9.90 Å². The van der Waals surface area contributed by atoms with Gasteiger partial charge in [0.2, 0.25) is 0 Å². The van der Waals surface area contributed by atoms with Gasteiger partial charge in [-0.15, -0.1) is 0 Å². The van der Waals surface area contributed by atoms with Crippen molar-refractivity contribution in [1.29, 1.82) is 5.26 Å². The van der Waals surface area contributed by atoms with Crippen LogP contribution in [0.3, 0.4) is 0 Å². The monoisotopic (exact) mass is 336 g/mol. The van der Waals surface area contributed by atoms with Crippen molar-refractivity contribution in [2.45, 2.75) is 32.7 Å². The predicted molar refractivity (Wildman–Crippen MR) is 80.6 cm³/mol. The van der Waals surface area contributed by atoms with Crippen LogP contribution in [-0.4, -0.2) is 23.7 Å². The molecular weight excluding hydrogens is 320 g/mol. The topological polar surface area (TPSA) is 64.3 Å². The predicted octanol–water partition coefficient (Wildman–Crippen LogP) is 3.40. The molecule has 1 unspecified atom stereocenters. The molecule has 1 saturated heterocycles. The average Bonchev–Trinajstić information content (AvgIpc) is 2.36. The van der Waals surface area contributed by atoms with Gasteiger partial charge in [0.1, 0.15) is 6.04 Å². The molecule has 1 heterocycles. The van der Waals surface area contributed by atoms with Crippen molar-refractivity contribution >= 4 is 27.6 Å². The van der Waals surface area contributed by atoms with Crippen molar-refractivity contribution in [2.75, 3.05) is 11.4 Å². The summed E-state index contributed by atoms with van der Waals surface area (Å²) in [6.45, 7) is 4.70. The summed E-state index contributed by atoms with van der Waals surface area (Å²) >= 11 is 3.45. The van der Waals surface area contributed by atoms with Crippen LogP contribution in [-0.2, 0) is 4.79 Å². The van der Waals surface area contributed by atoms with Crippen LogP contribution >= 0.6 is 15.9 Å².